The van der Waals surface area contributed by atoms with E-state index in [0.29, 0.717) is 50.0 Å². The smallest absolute Gasteiger partial charge is 0.338 e. The van der Waals surface area contributed by atoms with Gasteiger partial charge in [-0.3, -0.25) is 9.36 Å². The number of methoxy groups -OCH3 is 2. The van der Waals surface area contributed by atoms with E-state index in [2.05, 4.69) is 4.99 Å². The molecule has 4 rings (SSSR count). The summed E-state index contributed by atoms with van der Waals surface area (Å²) in [6.07, 6.45) is 1.78. The van der Waals surface area contributed by atoms with Gasteiger partial charge in [0.1, 0.15) is 5.75 Å². The lowest BCUT2D eigenvalue weighted by Gasteiger charge is -2.25. The summed E-state index contributed by atoms with van der Waals surface area (Å²) in [7, 11) is 3.15. The standard InChI is InChI=1S/C27H28N2O6S/c1-6-34-21-14-18(12-13-20(21)33-5)24-23(26(31)35-7-2)16(3)28-27-29(24)25(30)22(36-27)15-17-10-8-9-11-19(17)32-4/h8-15,24H,6-7H2,1-5H3/t24-/m1/s1. The van der Waals surface area contributed by atoms with Gasteiger partial charge in [-0.25, -0.2) is 9.79 Å². The molecule has 2 heterocycles. The molecule has 3 aromatic rings. The van der Waals surface area contributed by atoms with Crippen molar-refractivity contribution < 1.29 is 23.7 Å². The van der Waals surface area contributed by atoms with Crippen LogP contribution >= 0.6 is 11.3 Å². The topological polar surface area (TPSA) is 88.4 Å². The average Bonchev–Trinajstić information content (AvgIpc) is 3.18. The first-order valence-electron chi connectivity index (χ1n) is 11.6. The van der Waals surface area contributed by atoms with Gasteiger partial charge in [0.15, 0.2) is 16.3 Å². The molecule has 2 aromatic carbocycles. The summed E-state index contributed by atoms with van der Waals surface area (Å²) in [5.41, 5.74) is 1.99. The van der Waals surface area contributed by atoms with Gasteiger partial charge in [-0.05, 0) is 50.6 Å². The van der Waals surface area contributed by atoms with Gasteiger partial charge < -0.3 is 18.9 Å². The lowest BCUT2D eigenvalue weighted by atomic mass is 9.95. The van der Waals surface area contributed by atoms with E-state index in [1.807, 2.05) is 37.3 Å². The van der Waals surface area contributed by atoms with Crippen LogP contribution in [0, 0.1) is 0 Å². The van der Waals surface area contributed by atoms with Crippen molar-refractivity contribution in [1.29, 1.82) is 0 Å². The minimum absolute atomic E-state index is 0.202. The lowest BCUT2D eigenvalue weighted by Crippen LogP contribution is -2.40. The van der Waals surface area contributed by atoms with Gasteiger partial charge in [-0.15, -0.1) is 0 Å². The Morgan fingerprint density at radius 3 is 2.50 bits per heavy atom. The second kappa shape index (κ2) is 10.8. The van der Waals surface area contributed by atoms with Crippen LogP contribution < -0.4 is 29.1 Å². The van der Waals surface area contributed by atoms with Crippen LogP contribution in [0.3, 0.4) is 0 Å². The summed E-state index contributed by atoms with van der Waals surface area (Å²) < 4.78 is 24.0. The van der Waals surface area contributed by atoms with Gasteiger partial charge in [0.05, 0.1) is 49.3 Å². The van der Waals surface area contributed by atoms with E-state index in [9.17, 15) is 9.59 Å². The van der Waals surface area contributed by atoms with Crippen LogP contribution in [-0.2, 0) is 9.53 Å². The van der Waals surface area contributed by atoms with Crippen LogP contribution in [0.5, 0.6) is 17.2 Å². The normalized spacial score (nSPS) is 15.2. The van der Waals surface area contributed by atoms with Crippen LogP contribution in [0.2, 0.25) is 0 Å². The Hall–Kier alpha value is -3.85. The number of hydrogen-bond donors (Lipinski definition) is 0. The van der Waals surface area contributed by atoms with Crippen molar-refractivity contribution in [2.75, 3.05) is 27.4 Å². The maximum Gasteiger partial charge on any atom is 0.338 e. The summed E-state index contributed by atoms with van der Waals surface area (Å²) in [5.74, 6) is 1.21. The molecule has 0 saturated heterocycles. The Balaban J connectivity index is 1.98. The van der Waals surface area contributed by atoms with Gasteiger partial charge in [0, 0.05) is 5.56 Å². The summed E-state index contributed by atoms with van der Waals surface area (Å²) in [4.78, 5) is 32.0. The number of carbonyl (C=O) groups excluding carboxylic acids is 1. The predicted octanol–water partition coefficient (Wildman–Crippen LogP) is 3.21. The molecule has 0 radical (unpaired) electrons. The van der Waals surface area contributed by atoms with Crippen LogP contribution in [-0.4, -0.2) is 38.0 Å². The zero-order valence-electron chi connectivity index (χ0n) is 20.9. The van der Waals surface area contributed by atoms with Crippen LogP contribution in [0.4, 0.5) is 0 Å². The number of thiazole rings is 1. The fourth-order valence-corrected chi connectivity index (χ4v) is 5.20. The molecule has 1 atom stereocenters. The molecule has 0 unspecified atom stereocenters. The van der Waals surface area contributed by atoms with E-state index in [1.165, 1.54) is 11.3 Å². The fourth-order valence-electron chi connectivity index (χ4n) is 4.17. The van der Waals surface area contributed by atoms with Crippen molar-refractivity contribution in [1.82, 2.24) is 4.57 Å². The Morgan fingerprint density at radius 1 is 1.06 bits per heavy atom. The zero-order chi connectivity index (χ0) is 25.8. The minimum atomic E-state index is -0.745. The molecule has 36 heavy (non-hydrogen) atoms. The third-order valence-electron chi connectivity index (χ3n) is 5.75. The molecule has 9 heteroatoms. The van der Waals surface area contributed by atoms with Gasteiger partial charge in [-0.2, -0.15) is 0 Å². The molecule has 0 bridgehead atoms. The van der Waals surface area contributed by atoms with Gasteiger partial charge in [-0.1, -0.05) is 35.6 Å². The number of aromatic nitrogens is 1. The van der Waals surface area contributed by atoms with Crippen molar-refractivity contribution >= 4 is 23.4 Å². The number of nitrogens with zero attached hydrogens (tertiary/aromatic N) is 2. The van der Waals surface area contributed by atoms with Crippen molar-refractivity contribution in [3.05, 3.63) is 84.5 Å². The predicted molar refractivity (Wildman–Crippen MR) is 138 cm³/mol. The highest BCUT2D eigenvalue weighted by molar-refractivity contribution is 7.07. The number of hydrogen-bond acceptors (Lipinski definition) is 8. The lowest BCUT2D eigenvalue weighted by molar-refractivity contribution is -0.139. The van der Waals surface area contributed by atoms with E-state index in [-0.39, 0.29) is 12.2 Å². The quantitative estimate of drug-likeness (QED) is 0.434. The maximum atomic E-state index is 13.8. The van der Waals surface area contributed by atoms with E-state index >= 15 is 0 Å². The average molecular weight is 509 g/mol. The van der Waals surface area contributed by atoms with Crippen LogP contribution in [0.25, 0.3) is 6.08 Å². The van der Waals surface area contributed by atoms with E-state index < -0.39 is 12.0 Å². The number of ether oxygens (including phenoxy) is 4. The Morgan fingerprint density at radius 2 is 1.81 bits per heavy atom. The molecule has 0 spiro atoms. The Kier molecular flexibility index (Phi) is 7.59. The summed E-state index contributed by atoms with van der Waals surface area (Å²) >= 11 is 1.26. The molecule has 0 amide bonds. The number of allylic oxidation sites excluding steroid dienone is 1. The number of para-hydroxylation sites is 1. The molecule has 188 valence electrons. The third-order valence-corrected chi connectivity index (χ3v) is 6.73. The van der Waals surface area contributed by atoms with Gasteiger partial charge in [0.25, 0.3) is 5.56 Å². The first-order valence-corrected chi connectivity index (χ1v) is 12.4. The molecule has 8 nitrogen and oxygen atoms in total. The Bertz CT molecular complexity index is 1500. The molecule has 0 fully saturated rings. The molecule has 0 aliphatic carbocycles. The summed E-state index contributed by atoms with van der Waals surface area (Å²) in [5, 5.41) is 0. The number of rotatable bonds is 8. The fraction of sp³-hybridized carbons (Fsp3) is 0.296. The largest absolute Gasteiger partial charge is 0.496 e. The molecular weight excluding hydrogens is 480 g/mol. The van der Waals surface area contributed by atoms with Crippen molar-refractivity contribution in [3.8, 4) is 17.2 Å². The van der Waals surface area contributed by atoms with E-state index in [4.69, 9.17) is 18.9 Å². The Labute approximate surface area is 212 Å². The van der Waals surface area contributed by atoms with Gasteiger partial charge >= 0.3 is 5.97 Å². The van der Waals surface area contributed by atoms with Crippen LogP contribution in [0.15, 0.2) is 63.5 Å². The monoisotopic (exact) mass is 508 g/mol. The highest BCUT2D eigenvalue weighted by Crippen LogP contribution is 2.36. The zero-order valence-corrected chi connectivity index (χ0v) is 21.7. The van der Waals surface area contributed by atoms with Crippen molar-refractivity contribution in [3.63, 3.8) is 0 Å². The number of benzene rings is 2. The summed E-state index contributed by atoms with van der Waals surface area (Å²) in [6.45, 7) is 6.00. The minimum Gasteiger partial charge on any atom is -0.496 e. The molecule has 1 aliphatic rings. The number of fused-ring (bicyclic) bond motifs is 1. The van der Waals surface area contributed by atoms with Gasteiger partial charge in [0.2, 0.25) is 0 Å². The number of carbonyl (C=O) groups is 1. The number of esters is 1. The highest BCUT2D eigenvalue weighted by Gasteiger charge is 2.34. The van der Waals surface area contributed by atoms with Crippen molar-refractivity contribution in [2.45, 2.75) is 26.8 Å². The van der Waals surface area contributed by atoms with E-state index in [0.717, 1.165) is 5.56 Å². The second-order valence-electron chi connectivity index (χ2n) is 7.89. The molecule has 0 N–H and O–H groups in total. The first kappa shape index (κ1) is 25.2. The molecule has 1 aromatic heterocycles. The SMILES string of the molecule is CCOC(=O)C1=C(C)N=c2sc(=Cc3ccccc3OC)c(=O)n2[C@@H]1c1ccc(OC)c(OCC)c1. The summed E-state index contributed by atoms with van der Waals surface area (Å²) in [6, 6.07) is 12.1. The highest BCUT2D eigenvalue weighted by atomic mass is 32.1. The maximum absolute atomic E-state index is 13.8. The molecular formula is C27H28N2O6S. The van der Waals surface area contributed by atoms with E-state index in [1.54, 1.807) is 50.8 Å². The second-order valence-corrected chi connectivity index (χ2v) is 8.90. The first-order chi connectivity index (χ1) is 17.4. The van der Waals surface area contributed by atoms with Crippen LogP contribution in [0.1, 0.15) is 37.9 Å². The molecule has 1 aliphatic heterocycles. The third kappa shape index (κ3) is 4.66. The molecule has 0 saturated carbocycles. The van der Waals surface area contributed by atoms with Crippen molar-refractivity contribution in [2.24, 2.45) is 4.99 Å².